The first kappa shape index (κ1) is 48.7. The number of hydrogen-bond acceptors (Lipinski definition) is 9. The van der Waals surface area contributed by atoms with Crippen LogP contribution < -0.4 is 28.9 Å². The van der Waals surface area contributed by atoms with Crippen molar-refractivity contribution in [3.8, 4) is 34.1 Å². The minimum Gasteiger partial charge on any atom is -0.497 e. The van der Waals surface area contributed by atoms with Gasteiger partial charge in [-0.15, -0.1) is 0 Å². The van der Waals surface area contributed by atoms with Crippen LogP contribution in [0.2, 0.25) is 39.3 Å². The van der Waals surface area contributed by atoms with E-state index < -0.39 is 39.0 Å². The average Bonchev–Trinajstić information content (AvgIpc) is 3.48. The third-order valence-corrected chi connectivity index (χ3v) is 17.4. The van der Waals surface area contributed by atoms with Gasteiger partial charge in [-0.1, -0.05) is 134 Å². The fourth-order valence-electron chi connectivity index (χ4n) is 7.63. The zero-order valence-corrected chi connectivity index (χ0v) is 45.2. The van der Waals surface area contributed by atoms with Gasteiger partial charge in [0.1, 0.15) is 34.2 Å². The van der Waals surface area contributed by atoms with Gasteiger partial charge in [-0.05, 0) is 79.6 Å². The van der Waals surface area contributed by atoms with Crippen LogP contribution in [-0.4, -0.2) is 42.9 Å². The molecule has 0 N–H and O–H groups in total. The van der Waals surface area contributed by atoms with Crippen LogP contribution in [0.25, 0.3) is 33.1 Å². The van der Waals surface area contributed by atoms with Crippen LogP contribution in [0, 0.1) is 0 Å². The highest BCUT2D eigenvalue weighted by molar-refractivity contribution is 7.43. The summed E-state index contributed by atoms with van der Waals surface area (Å²) in [5.41, 5.74) is 6.15. The summed E-state index contributed by atoms with van der Waals surface area (Å²) >= 11 is 0. The zero-order valence-electron chi connectivity index (χ0n) is 41.4. The molecule has 1 aliphatic rings. The van der Waals surface area contributed by atoms with E-state index in [0.29, 0.717) is 34.2 Å². The van der Waals surface area contributed by atoms with E-state index in [9.17, 15) is 4.79 Å². The molecule has 0 amide bonds. The molecule has 2 heterocycles. The summed E-state index contributed by atoms with van der Waals surface area (Å²) in [5.74, 6) is 2.32. The van der Waals surface area contributed by atoms with Crippen molar-refractivity contribution < 1.29 is 40.8 Å². The molecule has 1 atom stereocenters. The molecule has 1 aliphatic heterocycles. The first-order chi connectivity index (χ1) is 28.8. The average molecular weight is 933 g/mol. The summed E-state index contributed by atoms with van der Waals surface area (Å²) in [5, 5.41) is 3.89. The molecule has 13 heteroatoms. The lowest BCUT2D eigenvalue weighted by atomic mass is 9.83. The summed E-state index contributed by atoms with van der Waals surface area (Å²) in [7, 11) is -5.18. The molecular formula is C50H70O9P2Si2. The second-order valence-corrected chi connectivity index (χ2v) is 35.1. The Morgan fingerprint density at radius 3 is 1.25 bits per heavy atom. The summed E-state index contributed by atoms with van der Waals surface area (Å²) in [6.45, 7) is 40.3. The van der Waals surface area contributed by atoms with Crippen molar-refractivity contribution in [3.63, 3.8) is 0 Å². The van der Waals surface area contributed by atoms with Gasteiger partial charge in [-0.25, -0.2) is 4.79 Å². The molecule has 342 valence electrons. The maximum atomic E-state index is 12.4. The number of ether oxygens (including phenoxy) is 2. The lowest BCUT2D eigenvalue weighted by Crippen LogP contribution is -2.40. The number of hydrogen-bond donors (Lipinski definition) is 0. The lowest BCUT2D eigenvalue weighted by Gasteiger charge is -2.31. The highest BCUT2D eigenvalue weighted by Gasteiger charge is 2.37. The van der Waals surface area contributed by atoms with Gasteiger partial charge < -0.3 is 31.4 Å². The monoisotopic (exact) mass is 932 g/mol. The number of carbonyl (C=O) groups is 1. The van der Waals surface area contributed by atoms with E-state index in [-0.39, 0.29) is 28.3 Å². The van der Waals surface area contributed by atoms with Crippen LogP contribution in [0.15, 0.2) is 56.9 Å². The summed E-state index contributed by atoms with van der Waals surface area (Å²) < 4.78 is 52.2. The van der Waals surface area contributed by atoms with Crippen LogP contribution in [-0.2, 0) is 35.5 Å². The molecule has 0 radical (unpaired) electrons. The van der Waals surface area contributed by atoms with Crippen molar-refractivity contribution in [1.82, 2.24) is 0 Å². The number of carbonyl (C=O) groups excluding carboxylic acids is 1. The molecule has 1 saturated heterocycles. The highest BCUT2D eigenvalue weighted by atomic mass is 31.2. The fraction of sp³-hybridized carbons (Fsp3) is 0.500. The molecule has 0 saturated carbocycles. The smallest absolute Gasteiger partial charge is 0.465 e. The quantitative estimate of drug-likeness (QED) is 0.106. The third kappa shape index (κ3) is 10.4. The third-order valence-electron chi connectivity index (χ3n) is 11.4. The second kappa shape index (κ2) is 16.9. The number of fused-ring (bicyclic) bond motifs is 3. The molecule has 63 heavy (non-hydrogen) atoms. The van der Waals surface area contributed by atoms with E-state index in [0.717, 1.165) is 54.5 Å². The van der Waals surface area contributed by atoms with Gasteiger partial charge in [0.15, 0.2) is 6.61 Å². The predicted octanol–water partition coefficient (Wildman–Crippen LogP) is 14.3. The van der Waals surface area contributed by atoms with Crippen molar-refractivity contribution in [2.24, 2.45) is 0 Å². The fourth-order valence-corrected chi connectivity index (χ4v) is 12.8. The molecule has 1 aromatic heterocycles. The largest absolute Gasteiger partial charge is 0.497 e. The van der Waals surface area contributed by atoms with Gasteiger partial charge in [0.2, 0.25) is 0 Å². The lowest BCUT2D eigenvalue weighted by molar-refractivity contribution is -0.132. The number of benzene rings is 4. The van der Waals surface area contributed by atoms with Crippen LogP contribution in [0.5, 0.6) is 23.0 Å². The summed E-state index contributed by atoms with van der Waals surface area (Å²) in [6.07, 6.45) is 0. The van der Waals surface area contributed by atoms with Crippen molar-refractivity contribution in [1.29, 1.82) is 0 Å². The first-order valence-electron chi connectivity index (χ1n) is 21.8. The highest BCUT2D eigenvalue weighted by Crippen LogP contribution is 2.52. The van der Waals surface area contributed by atoms with Gasteiger partial charge in [0, 0.05) is 33.0 Å². The topological polar surface area (TPSA) is 98.7 Å². The van der Waals surface area contributed by atoms with Crippen molar-refractivity contribution in [2.45, 2.75) is 144 Å². The van der Waals surface area contributed by atoms with E-state index in [1.807, 2.05) is 12.1 Å². The molecule has 1 unspecified atom stereocenters. The number of rotatable bonds is 9. The van der Waals surface area contributed by atoms with Crippen molar-refractivity contribution in [2.75, 3.05) is 20.8 Å². The minimum atomic E-state index is -2.24. The Kier molecular flexibility index (Phi) is 13.1. The molecule has 1 fully saturated rings. The Labute approximate surface area is 380 Å². The molecular weight excluding hydrogens is 863 g/mol. The van der Waals surface area contributed by atoms with Gasteiger partial charge in [0.25, 0.3) is 0 Å². The molecule has 4 aromatic carbocycles. The van der Waals surface area contributed by atoms with Gasteiger partial charge >= 0.3 is 22.8 Å². The van der Waals surface area contributed by atoms with Gasteiger partial charge in [-0.2, -0.15) is 0 Å². The van der Waals surface area contributed by atoms with Crippen LogP contribution in [0.1, 0.15) is 105 Å². The molecule has 0 bridgehead atoms. The molecule has 6 rings (SSSR count). The second-order valence-electron chi connectivity index (χ2n) is 23.0. The Hall–Kier alpha value is -3.73. The molecule has 5 aromatic rings. The molecule has 9 nitrogen and oxygen atoms in total. The summed E-state index contributed by atoms with van der Waals surface area (Å²) in [4.78, 5) is 12.4. The Morgan fingerprint density at radius 2 is 0.937 bits per heavy atom. The predicted molar refractivity (Wildman–Crippen MR) is 268 cm³/mol. The maximum absolute atomic E-state index is 12.4. The normalized spacial score (nSPS) is 15.5. The maximum Gasteiger partial charge on any atom is 0.465 e. The van der Waals surface area contributed by atoms with Gasteiger partial charge in [-0.3, -0.25) is 4.52 Å². The van der Waals surface area contributed by atoms with E-state index >= 15 is 0 Å². The Bertz CT molecular complexity index is 2520. The van der Waals surface area contributed by atoms with Gasteiger partial charge in [0.05, 0.1) is 30.4 Å². The van der Waals surface area contributed by atoms with Crippen LogP contribution >= 0.6 is 16.8 Å². The summed E-state index contributed by atoms with van der Waals surface area (Å²) in [6, 6.07) is 17.2. The molecule has 0 spiro atoms. The standard InChI is InChI=1S/C50H70O9P2Si2/c1-47(2,3)30-21-34(45(40(23-30)62(15,16)17)58-60-54-29-42(51)55-60)35-22-31(48(4,5)6)24-41(63(18,19)20)46(35)59-61-56-43-36(25-32(52-13)27-38(43)49(7,8)9)37-26-33(53-14)28-39(44(37)57-61)50(10,11)12/h21-28H,29H2,1-20H3. The molecule has 0 aliphatic carbocycles. The van der Waals surface area contributed by atoms with Crippen molar-refractivity contribution in [3.05, 3.63) is 70.8 Å². The number of methoxy groups -OCH3 is 2. The first-order valence-corrected chi connectivity index (χ1v) is 31.0. The van der Waals surface area contributed by atoms with Crippen molar-refractivity contribution >= 4 is 71.3 Å². The SMILES string of the molecule is COc1cc(C(C)(C)C)c2op(Oc3c(-c4cc(C(C)(C)C)cc([Si](C)(C)C)c4OP4OCC(=O)O4)cc(C(C)(C)C)cc3[Si](C)(C)C)oc3c(C(C)(C)C)cc(OC)cc3c2c1. The van der Waals surface area contributed by atoms with E-state index in [1.165, 1.54) is 0 Å². The van der Waals surface area contributed by atoms with Crippen LogP contribution in [0.4, 0.5) is 0 Å². The Morgan fingerprint density at radius 1 is 0.540 bits per heavy atom. The van der Waals surface area contributed by atoms with E-state index in [1.54, 1.807) is 14.2 Å². The Balaban J connectivity index is 1.85. The van der Waals surface area contributed by atoms with Crippen LogP contribution in [0.3, 0.4) is 0 Å². The van der Waals surface area contributed by atoms with E-state index in [2.05, 4.69) is 159 Å². The zero-order chi connectivity index (χ0) is 47.0. The van der Waals surface area contributed by atoms with E-state index in [4.69, 9.17) is 36.0 Å². The minimum absolute atomic E-state index is 0.149.